The third-order valence-electron chi connectivity index (χ3n) is 4.94. The van der Waals surface area contributed by atoms with E-state index in [1.165, 1.54) is 64.5 Å². The van der Waals surface area contributed by atoms with Crippen molar-refractivity contribution in [2.24, 2.45) is 11.8 Å². The van der Waals surface area contributed by atoms with E-state index in [0.717, 1.165) is 18.9 Å². The first-order chi connectivity index (χ1) is 8.79. The number of aliphatic hydroxyl groups excluding tert-OH is 1. The summed E-state index contributed by atoms with van der Waals surface area (Å²) >= 11 is 0. The largest absolute Gasteiger partial charge is 0.393 e. The number of aliphatic hydroxyl groups is 1. The number of likely N-dealkylation sites (tertiary alicyclic amines) is 1. The van der Waals surface area contributed by atoms with E-state index in [9.17, 15) is 5.11 Å². The van der Waals surface area contributed by atoms with Gasteiger partial charge in [0.1, 0.15) is 0 Å². The maximum atomic E-state index is 10.2. The Balaban J connectivity index is 1.81. The standard InChI is InChI=1S/C16H31NO/c1-2-7-14-8-9-16(18)15(12-14)13-17-10-5-3-4-6-11-17/h14-16,18H,2-13H2,1H3. The van der Waals surface area contributed by atoms with Gasteiger partial charge in [0.2, 0.25) is 0 Å². The van der Waals surface area contributed by atoms with Crippen LogP contribution in [-0.4, -0.2) is 35.7 Å². The van der Waals surface area contributed by atoms with Gasteiger partial charge in [0.15, 0.2) is 0 Å². The zero-order chi connectivity index (χ0) is 12.8. The van der Waals surface area contributed by atoms with Crippen molar-refractivity contribution in [1.29, 1.82) is 0 Å². The molecular formula is C16H31NO. The van der Waals surface area contributed by atoms with Gasteiger partial charge in [-0.3, -0.25) is 0 Å². The Morgan fingerprint density at radius 2 is 1.78 bits per heavy atom. The lowest BCUT2D eigenvalue weighted by Gasteiger charge is -2.36. The molecule has 18 heavy (non-hydrogen) atoms. The molecule has 0 bridgehead atoms. The van der Waals surface area contributed by atoms with E-state index in [-0.39, 0.29) is 6.10 Å². The van der Waals surface area contributed by atoms with E-state index < -0.39 is 0 Å². The van der Waals surface area contributed by atoms with Crippen molar-refractivity contribution in [3.05, 3.63) is 0 Å². The fourth-order valence-electron chi connectivity index (χ4n) is 3.86. The van der Waals surface area contributed by atoms with E-state index in [2.05, 4.69) is 11.8 Å². The minimum Gasteiger partial charge on any atom is -0.393 e. The second-order valence-corrected chi connectivity index (χ2v) is 6.51. The van der Waals surface area contributed by atoms with Crippen LogP contribution in [0.1, 0.15) is 64.7 Å². The second kappa shape index (κ2) is 7.49. The Morgan fingerprint density at radius 3 is 2.44 bits per heavy atom. The molecule has 2 nitrogen and oxygen atoms in total. The molecule has 106 valence electrons. The first-order valence-electron chi connectivity index (χ1n) is 8.20. The third kappa shape index (κ3) is 4.24. The summed E-state index contributed by atoms with van der Waals surface area (Å²) in [4.78, 5) is 2.62. The van der Waals surface area contributed by atoms with E-state index >= 15 is 0 Å². The summed E-state index contributed by atoms with van der Waals surface area (Å²) < 4.78 is 0. The summed E-state index contributed by atoms with van der Waals surface area (Å²) in [6.45, 7) is 5.97. The van der Waals surface area contributed by atoms with Gasteiger partial charge in [-0.25, -0.2) is 0 Å². The molecule has 2 heteroatoms. The molecule has 1 saturated carbocycles. The maximum Gasteiger partial charge on any atom is 0.0580 e. The van der Waals surface area contributed by atoms with Crippen LogP contribution in [-0.2, 0) is 0 Å². The third-order valence-corrected chi connectivity index (χ3v) is 4.94. The van der Waals surface area contributed by atoms with Crippen LogP contribution in [0.4, 0.5) is 0 Å². The van der Waals surface area contributed by atoms with E-state index in [0.29, 0.717) is 5.92 Å². The van der Waals surface area contributed by atoms with Crippen LogP contribution in [0.5, 0.6) is 0 Å². The van der Waals surface area contributed by atoms with Crippen LogP contribution < -0.4 is 0 Å². The molecule has 0 radical (unpaired) electrons. The molecule has 0 aromatic heterocycles. The minimum atomic E-state index is -0.0265. The molecule has 0 amide bonds. The molecule has 1 N–H and O–H groups in total. The number of hydrogen-bond acceptors (Lipinski definition) is 2. The summed E-state index contributed by atoms with van der Waals surface area (Å²) in [6, 6.07) is 0. The average molecular weight is 253 g/mol. The molecule has 1 aliphatic carbocycles. The van der Waals surface area contributed by atoms with Crippen LogP contribution >= 0.6 is 0 Å². The quantitative estimate of drug-likeness (QED) is 0.829. The van der Waals surface area contributed by atoms with Gasteiger partial charge in [-0.2, -0.15) is 0 Å². The highest BCUT2D eigenvalue weighted by Gasteiger charge is 2.30. The van der Waals surface area contributed by atoms with E-state index in [1.54, 1.807) is 0 Å². The molecule has 2 aliphatic rings. The first kappa shape index (κ1) is 14.3. The molecule has 2 rings (SSSR count). The van der Waals surface area contributed by atoms with Crippen molar-refractivity contribution in [3.63, 3.8) is 0 Å². The molecule has 1 heterocycles. The van der Waals surface area contributed by atoms with Gasteiger partial charge in [-0.05, 0) is 57.0 Å². The highest BCUT2D eigenvalue weighted by Crippen LogP contribution is 2.33. The van der Waals surface area contributed by atoms with Crippen molar-refractivity contribution in [3.8, 4) is 0 Å². The molecule has 0 aromatic rings. The molecule has 1 saturated heterocycles. The molecule has 3 unspecified atom stereocenters. The second-order valence-electron chi connectivity index (χ2n) is 6.51. The molecule has 1 aliphatic heterocycles. The van der Waals surface area contributed by atoms with Gasteiger partial charge in [0, 0.05) is 6.54 Å². The van der Waals surface area contributed by atoms with Crippen LogP contribution in [0.25, 0.3) is 0 Å². The van der Waals surface area contributed by atoms with Crippen LogP contribution in [0, 0.1) is 11.8 Å². The molecule has 0 spiro atoms. The maximum absolute atomic E-state index is 10.2. The monoisotopic (exact) mass is 253 g/mol. The molecule has 3 atom stereocenters. The minimum absolute atomic E-state index is 0.0265. The Kier molecular flexibility index (Phi) is 5.97. The van der Waals surface area contributed by atoms with Gasteiger partial charge < -0.3 is 10.0 Å². The van der Waals surface area contributed by atoms with Crippen LogP contribution in [0.15, 0.2) is 0 Å². The molecule has 0 aromatic carbocycles. The molecule has 2 fully saturated rings. The lowest BCUT2D eigenvalue weighted by atomic mass is 9.77. The SMILES string of the molecule is CCCC1CCC(O)C(CN2CCCCCC2)C1. The zero-order valence-corrected chi connectivity index (χ0v) is 12.1. The van der Waals surface area contributed by atoms with Crippen molar-refractivity contribution in [2.45, 2.75) is 70.8 Å². The Hall–Kier alpha value is -0.0800. The number of rotatable bonds is 4. The zero-order valence-electron chi connectivity index (χ0n) is 12.1. The number of hydrogen-bond donors (Lipinski definition) is 1. The Morgan fingerprint density at radius 1 is 1.06 bits per heavy atom. The Labute approximate surface area is 113 Å². The fourth-order valence-corrected chi connectivity index (χ4v) is 3.86. The van der Waals surface area contributed by atoms with Gasteiger partial charge in [0.25, 0.3) is 0 Å². The first-order valence-corrected chi connectivity index (χ1v) is 8.20. The highest BCUT2D eigenvalue weighted by molar-refractivity contribution is 4.82. The van der Waals surface area contributed by atoms with E-state index in [1.807, 2.05) is 0 Å². The summed E-state index contributed by atoms with van der Waals surface area (Å²) in [5.41, 5.74) is 0. The molecular weight excluding hydrogens is 222 g/mol. The van der Waals surface area contributed by atoms with Gasteiger partial charge >= 0.3 is 0 Å². The fraction of sp³-hybridized carbons (Fsp3) is 1.00. The van der Waals surface area contributed by atoms with Crippen LogP contribution in [0.2, 0.25) is 0 Å². The van der Waals surface area contributed by atoms with Gasteiger partial charge in [-0.1, -0.05) is 32.6 Å². The van der Waals surface area contributed by atoms with Crippen molar-refractivity contribution < 1.29 is 5.11 Å². The normalized spacial score (nSPS) is 35.3. The lowest BCUT2D eigenvalue weighted by Crippen LogP contribution is -2.39. The van der Waals surface area contributed by atoms with Crippen molar-refractivity contribution >= 4 is 0 Å². The highest BCUT2D eigenvalue weighted by atomic mass is 16.3. The Bertz CT molecular complexity index is 223. The summed E-state index contributed by atoms with van der Waals surface area (Å²) in [5.74, 6) is 1.43. The predicted molar refractivity (Wildman–Crippen MR) is 76.7 cm³/mol. The summed E-state index contributed by atoms with van der Waals surface area (Å²) in [6.07, 6.45) is 11.7. The van der Waals surface area contributed by atoms with Gasteiger partial charge in [-0.15, -0.1) is 0 Å². The van der Waals surface area contributed by atoms with Gasteiger partial charge in [0.05, 0.1) is 6.10 Å². The smallest absolute Gasteiger partial charge is 0.0580 e. The lowest BCUT2D eigenvalue weighted by molar-refractivity contribution is 0.0263. The van der Waals surface area contributed by atoms with Crippen molar-refractivity contribution in [2.75, 3.05) is 19.6 Å². The summed E-state index contributed by atoms with van der Waals surface area (Å²) in [7, 11) is 0. The van der Waals surface area contributed by atoms with Crippen molar-refractivity contribution in [1.82, 2.24) is 4.90 Å². The van der Waals surface area contributed by atoms with Crippen LogP contribution in [0.3, 0.4) is 0 Å². The average Bonchev–Trinajstić information content (AvgIpc) is 2.62. The number of nitrogens with zero attached hydrogens (tertiary/aromatic N) is 1. The topological polar surface area (TPSA) is 23.5 Å². The van der Waals surface area contributed by atoms with E-state index in [4.69, 9.17) is 0 Å². The predicted octanol–water partition coefficient (Wildman–Crippen LogP) is 3.44. The summed E-state index contributed by atoms with van der Waals surface area (Å²) in [5, 5.41) is 10.2.